The number of carbonyl (C=O) groups excluding carboxylic acids is 1. The summed E-state index contributed by atoms with van der Waals surface area (Å²) in [4.78, 5) is 17.3. The number of rotatable bonds is 5. The summed E-state index contributed by atoms with van der Waals surface area (Å²) in [5.74, 6) is 5.70. The van der Waals surface area contributed by atoms with Crippen molar-refractivity contribution in [3.63, 3.8) is 0 Å². The highest BCUT2D eigenvalue weighted by molar-refractivity contribution is 6.04. The predicted molar refractivity (Wildman–Crippen MR) is 142 cm³/mol. The number of amides is 1. The van der Waals surface area contributed by atoms with Crippen molar-refractivity contribution in [2.24, 2.45) is 7.05 Å². The van der Waals surface area contributed by atoms with Crippen LogP contribution in [0.3, 0.4) is 0 Å². The standard InChI is InChI=1S/C29H23F6N5O/c1-4-36-26-19(10-21(14-37-26)22-15-38-40(3)16-22)8-7-18-9-20(6-5-17(18)2)27(41)39-25-12-23(28(30,31)32)11-24(13-25)29(33,34)35/h5-6,9-16H,4H2,1-3H3,(H,36,37)(H,39,41). The molecule has 0 saturated heterocycles. The molecule has 0 aliphatic carbocycles. The van der Waals surface area contributed by atoms with Crippen LogP contribution in [0.25, 0.3) is 11.1 Å². The minimum atomic E-state index is -5.04. The molecule has 2 aromatic carbocycles. The van der Waals surface area contributed by atoms with Crippen molar-refractivity contribution in [1.82, 2.24) is 14.8 Å². The van der Waals surface area contributed by atoms with Gasteiger partial charge in [0.05, 0.1) is 22.9 Å². The number of aryl methyl sites for hydroxylation is 2. The summed E-state index contributed by atoms with van der Waals surface area (Å²) in [6.07, 6.45) is -4.87. The van der Waals surface area contributed by atoms with Gasteiger partial charge in [-0.15, -0.1) is 0 Å². The van der Waals surface area contributed by atoms with Crippen LogP contribution in [0.2, 0.25) is 0 Å². The van der Waals surface area contributed by atoms with Gasteiger partial charge in [-0.1, -0.05) is 17.9 Å². The molecule has 0 fully saturated rings. The van der Waals surface area contributed by atoms with Gasteiger partial charge in [0, 0.05) is 53.9 Å². The van der Waals surface area contributed by atoms with Crippen molar-refractivity contribution >= 4 is 17.4 Å². The number of aromatic nitrogens is 3. The number of halogens is 6. The topological polar surface area (TPSA) is 71.8 Å². The average Bonchev–Trinajstić information content (AvgIpc) is 3.34. The van der Waals surface area contributed by atoms with Crippen molar-refractivity contribution in [3.8, 4) is 23.0 Å². The summed E-state index contributed by atoms with van der Waals surface area (Å²) >= 11 is 0. The Labute approximate surface area is 231 Å². The molecule has 12 heteroatoms. The van der Waals surface area contributed by atoms with E-state index in [9.17, 15) is 31.1 Å². The Hall–Kier alpha value is -4.79. The maximum atomic E-state index is 13.2. The average molecular weight is 572 g/mol. The van der Waals surface area contributed by atoms with Crippen LogP contribution >= 0.6 is 0 Å². The van der Waals surface area contributed by atoms with E-state index in [2.05, 4.69) is 32.6 Å². The number of alkyl halides is 6. The quantitative estimate of drug-likeness (QED) is 0.202. The van der Waals surface area contributed by atoms with Gasteiger partial charge in [0.2, 0.25) is 0 Å². The highest BCUT2D eigenvalue weighted by Crippen LogP contribution is 2.37. The van der Waals surface area contributed by atoms with Crippen molar-refractivity contribution < 1.29 is 31.1 Å². The molecule has 0 unspecified atom stereocenters. The first-order valence-electron chi connectivity index (χ1n) is 12.2. The van der Waals surface area contributed by atoms with E-state index in [1.54, 1.807) is 37.1 Å². The van der Waals surface area contributed by atoms with E-state index in [0.717, 1.165) is 11.1 Å². The van der Waals surface area contributed by atoms with Crippen LogP contribution in [0, 0.1) is 18.8 Å². The van der Waals surface area contributed by atoms with Crippen LogP contribution in [-0.4, -0.2) is 27.2 Å². The highest BCUT2D eigenvalue weighted by atomic mass is 19.4. The lowest BCUT2D eigenvalue weighted by Crippen LogP contribution is -2.16. The van der Waals surface area contributed by atoms with Gasteiger partial charge in [-0.25, -0.2) is 4.98 Å². The third-order valence-corrected chi connectivity index (χ3v) is 5.95. The van der Waals surface area contributed by atoms with E-state index in [1.807, 2.05) is 19.2 Å². The lowest BCUT2D eigenvalue weighted by Gasteiger charge is -2.15. The molecule has 1 amide bonds. The Morgan fingerprint density at radius 3 is 2.15 bits per heavy atom. The molecule has 0 atom stereocenters. The highest BCUT2D eigenvalue weighted by Gasteiger charge is 2.37. The Morgan fingerprint density at radius 1 is 0.902 bits per heavy atom. The van der Waals surface area contributed by atoms with Crippen molar-refractivity contribution in [1.29, 1.82) is 0 Å². The van der Waals surface area contributed by atoms with Crippen molar-refractivity contribution in [2.75, 3.05) is 17.2 Å². The molecule has 0 aliphatic rings. The van der Waals surface area contributed by atoms with Gasteiger partial charge >= 0.3 is 12.4 Å². The first-order valence-corrected chi connectivity index (χ1v) is 12.2. The van der Waals surface area contributed by atoms with Crippen LogP contribution in [0.5, 0.6) is 0 Å². The monoisotopic (exact) mass is 571 g/mol. The van der Waals surface area contributed by atoms with Crippen LogP contribution in [0.1, 0.15) is 45.1 Å². The Balaban J connectivity index is 1.66. The number of hydrogen-bond acceptors (Lipinski definition) is 4. The summed E-state index contributed by atoms with van der Waals surface area (Å²) < 4.78 is 80.9. The zero-order chi connectivity index (χ0) is 29.9. The normalized spacial score (nSPS) is 11.5. The number of nitrogens with zero attached hydrogens (tertiary/aromatic N) is 3. The van der Waals surface area contributed by atoms with Crippen molar-refractivity contribution in [3.05, 3.63) is 94.4 Å². The van der Waals surface area contributed by atoms with E-state index in [0.29, 0.717) is 41.2 Å². The molecule has 2 aromatic heterocycles. The van der Waals surface area contributed by atoms with Gasteiger partial charge in [0.15, 0.2) is 0 Å². The fourth-order valence-corrected chi connectivity index (χ4v) is 3.86. The lowest BCUT2D eigenvalue weighted by atomic mass is 10.0. The minimum Gasteiger partial charge on any atom is -0.369 e. The van der Waals surface area contributed by atoms with Gasteiger partial charge in [0.25, 0.3) is 5.91 Å². The van der Waals surface area contributed by atoms with Gasteiger partial charge in [-0.2, -0.15) is 31.4 Å². The summed E-state index contributed by atoms with van der Waals surface area (Å²) in [5.41, 5.74) is -0.364. The van der Waals surface area contributed by atoms with Gasteiger partial charge in [-0.3, -0.25) is 9.48 Å². The largest absolute Gasteiger partial charge is 0.416 e. The van der Waals surface area contributed by atoms with Crippen LogP contribution in [-0.2, 0) is 19.4 Å². The van der Waals surface area contributed by atoms with Gasteiger partial charge in [-0.05, 0) is 55.8 Å². The van der Waals surface area contributed by atoms with E-state index in [1.165, 1.54) is 12.1 Å². The molecule has 0 bridgehead atoms. The first-order chi connectivity index (χ1) is 19.2. The van der Waals surface area contributed by atoms with Crippen LogP contribution in [0.4, 0.5) is 37.8 Å². The fourth-order valence-electron chi connectivity index (χ4n) is 3.86. The maximum absolute atomic E-state index is 13.2. The summed E-state index contributed by atoms with van der Waals surface area (Å²) in [6, 6.07) is 7.15. The van der Waals surface area contributed by atoms with E-state index in [4.69, 9.17) is 0 Å². The molecule has 2 N–H and O–H groups in total. The summed E-state index contributed by atoms with van der Waals surface area (Å²) in [6.45, 7) is 4.25. The van der Waals surface area contributed by atoms with E-state index < -0.39 is 35.1 Å². The predicted octanol–water partition coefficient (Wildman–Crippen LogP) is 6.91. The Bertz CT molecular complexity index is 1630. The van der Waals surface area contributed by atoms with Crippen LogP contribution in [0.15, 0.2) is 61.1 Å². The molecule has 4 rings (SSSR count). The molecule has 4 aromatic rings. The fraction of sp³-hybridized carbons (Fsp3) is 0.207. The molecule has 41 heavy (non-hydrogen) atoms. The lowest BCUT2D eigenvalue weighted by molar-refractivity contribution is -0.143. The third-order valence-electron chi connectivity index (χ3n) is 5.95. The molecule has 6 nitrogen and oxygen atoms in total. The summed E-state index contributed by atoms with van der Waals surface area (Å²) in [7, 11) is 1.79. The second-order valence-electron chi connectivity index (χ2n) is 9.08. The number of benzene rings is 2. The number of carbonyl (C=O) groups is 1. The van der Waals surface area contributed by atoms with E-state index in [-0.39, 0.29) is 11.6 Å². The summed E-state index contributed by atoms with van der Waals surface area (Å²) in [5, 5.41) is 9.45. The zero-order valence-corrected chi connectivity index (χ0v) is 22.0. The molecular formula is C29H23F6N5O. The maximum Gasteiger partial charge on any atom is 0.416 e. The number of pyridine rings is 1. The van der Waals surface area contributed by atoms with Crippen LogP contribution < -0.4 is 10.6 Å². The number of anilines is 2. The third kappa shape index (κ3) is 7.05. The molecular weight excluding hydrogens is 548 g/mol. The molecule has 0 spiro atoms. The number of nitrogens with one attached hydrogen (secondary N) is 2. The molecule has 0 radical (unpaired) electrons. The molecule has 212 valence electrons. The second-order valence-corrected chi connectivity index (χ2v) is 9.08. The Morgan fingerprint density at radius 2 is 1.56 bits per heavy atom. The van der Waals surface area contributed by atoms with E-state index >= 15 is 0 Å². The smallest absolute Gasteiger partial charge is 0.369 e. The second kappa shape index (κ2) is 11.4. The minimum absolute atomic E-state index is 0.0000118. The zero-order valence-electron chi connectivity index (χ0n) is 22.0. The molecule has 0 aliphatic heterocycles. The van der Waals surface area contributed by atoms with Crippen molar-refractivity contribution in [2.45, 2.75) is 26.2 Å². The van der Waals surface area contributed by atoms with Gasteiger partial charge < -0.3 is 10.6 Å². The molecule has 2 heterocycles. The van der Waals surface area contributed by atoms with Gasteiger partial charge in [0.1, 0.15) is 5.82 Å². The first kappa shape index (κ1) is 29.2. The Kier molecular flexibility index (Phi) is 8.10. The SMILES string of the molecule is CCNc1ncc(-c2cnn(C)c2)cc1C#Cc1cc(C(=O)Nc2cc(C(F)(F)F)cc(C(F)(F)F)c2)ccc1C. The number of hydrogen-bond donors (Lipinski definition) is 2. The molecule has 0 saturated carbocycles.